The van der Waals surface area contributed by atoms with E-state index in [-0.39, 0.29) is 37.5 Å². The predicted octanol–water partition coefficient (Wildman–Crippen LogP) is 17.1. The van der Waals surface area contributed by atoms with Gasteiger partial charge in [-0.05, 0) is 103 Å². The standard InChI is InChI=1S/C45H35N2O.C20H21N2Si.Ir/c1-27(2)36-24-32(29-13-6-5-7-14-29)25-37(28(3)4)43(36)47-41-20-11-10-19-40(41)46-45(47)35-18-12-17-34-39-23-31-22-21-30-15-8-9-16-33(30)38(31)26-42(39)48-44(34)35;1-15-10-11-17(12-19(15)16-8-6-5-7-9-16)20-21-13-18(14-22-20)23(2,3)4;/h5-17,19-28H,1-4H3;5-10,12-14H,1-4H3;/q2*-1;/i;1D3;. The third-order valence-electron chi connectivity index (χ3n) is 13.6. The molecule has 72 heavy (non-hydrogen) atoms. The van der Waals surface area contributed by atoms with Crippen molar-refractivity contribution in [3.63, 3.8) is 0 Å². The van der Waals surface area contributed by atoms with Gasteiger partial charge in [-0.15, -0.1) is 47.5 Å². The summed E-state index contributed by atoms with van der Waals surface area (Å²) in [7, 11) is -1.46. The Labute approximate surface area is 441 Å². The molecular weight excluding hydrogens is 1070 g/mol. The second-order valence-corrected chi connectivity index (χ2v) is 25.2. The molecule has 0 saturated carbocycles. The van der Waals surface area contributed by atoms with Gasteiger partial charge in [-0.1, -0.05) is 180 Å². The van der Waals surface area contributed by atoms with Crippen LogP contribution in [0.1, 0.15) is 60.3 Å². The van der Waals surface area contributed by atoms with E-state index in [1.165, 1.54) is 54.7 Å². The number of aryl methyl sites for hydroxylation is 1. The van der Waals surface area contributed by atoms with Gasteiger partial charge in [-0.3, -0.25) is 15.0 Å². The number of hydrogen-bond acceptors (Lipinski definition) is 4. The minimum atomic E-state index is -2.21. The van der Waals surface area contributed by atoms with E-state index in [0.717, 1.165) is 49.9 Å². The summed E-state index contributed by atoms with van der Waals surface area (Å²) in [4.78, 5) is 14.3. The van der Waals surface area contributed by atoms with Crippen LogP contribution in [0, 0.1) is 19.0 Å². The maximum Gasteiger partial charge on any atom is 0.121 e. The van der Waals surface area contributed by atoms with Crippen molar-refractivity contribution in [1.82, 2.24) is 19.5 Å². The van der Waals surface area contributed by atoms with Gasteiger partial charge in [0.15, 0.2) is 0 Å². The van der Waals surface area contributed by atoms with Gasteiger partial charge >= 0.3 is 0 Å². The summed E-state index contributed by atoms with van der Waals surface area (Å²) in [5.74, 6) is 1.96. The first kappa shape index (κ1) is 44.6. The zero-order chi connectivity index (χ0) is 51.5. The molecular formula is C65H56IrN4OSi-2. The first-order valence-corrected chi connectivity index (χ1v) is 28.0. The number of hydrogen-bond donors (Lipinski definition) is 0. The smallest absolute Gasteiger partial charge is 0.121 e. The van der Waals surface area contributed by atoms with Crippen LogP contribution in [0.5, 0.6) is 0 Å². The summed E-state index contributed by atoms with van der Waals surface area (Å²) in [5, 5.41) is 8.20. The average Bonchev–Trinajstić information content (AvgIpc) is 3.98. The van der Waals surface area contributed by atoms with Gasteiger partial charge < -0.3 is 8.98 Å². The van der Waals surface area contributed by atoms with Crippen LogP contribution in [0.4, 0.5) is 0 Å². The second-order valence-electron chi connectivity index (χ2n) is 20.1. The van der Waals surface area contributed by atoms with Crippen LogP contribution in [-0.4, -0.2) is 27.6 Å². The van der Waals surface area contributed by atoms with Crippen molar-refractivity contribution in [2.75, 3.05) is 0 Å². The summed E-state index contributed by atoms with van der Waals surface area (Å²) in [6.45, 7) is 13.7. The van der Waals surface area contributed by atoms with E-state index in [1.807, 2.05) is 54.9 Å². The first-order valence-electron chi connectivity index (χ1n) is 26.0. The molecule has 3 heterocycles. The third-order valence-corrected chi connectivity index (χ3v) is 15.6. The minimum absolute atomic E-state index is 0. The molecule has 5 nitrogen and oxygen atoms in total. The molecule has 0 spiro atoms. The molecule has 0 bridgehead atoms. The topological polar surface area (TPSA) is 56.7 Å². The van der Waals surface area contributed by atoms with E-state index < -0.39 is 14.9 Å². The molecule has 7 heteroatoms. The number of benzene rings is 9. The number of furan rings is 1. The summed E-state index contributed by atoms with van der Waals surface area (Å²) >= 11 is 0. The Morgan fingerprint density at radius 1 is 0.611 bits per heavy atom. The summed E-state index contributed by atoms with van der Waals surface area (Å²) < 4.78 is 32.7. The van der Waals surface area contributed by atoms with Gasteiger partial charge in [0.1, 0.15) is 5.58 Å². The Balaban J connectivity index is 0.000000202. The van der Waals surface area contributed by atoms with Gasteiger partial charge in [0, 0.05) is 47.7 Å². The third kappa shape index (κ3) is 9.02. The largest absolute Gasteiger partial charge is 0.501 e. The minimum Gasteiger partial charge on any atom is -0.501 e. The molecule has 0 amide bonds. The number of aromatic nitrogens is 4. The van der Waals surface area contributed by atoms with E-state index >= 15 is 0 Å². The molecule has 3 aromatic heterocycles. The zero-order valence-corrected chi connectivity index (χ0v) is 44.9. The molecule has 12 aromatic rings. The summed E-state index contributed by atoms with van der Waals surface area (Å²) in [6, 6.07) is 65.0. The fourth-order valence-electron chi connectivity index (χ4n) is 9.78. The molecule has 0 aliphatic heterocycles. The van der Waals surface area contributed by atoms with Crippen molar-refractivity contribution in [3.05, 3.63) is 211 Å². The molecule has 0 aliphatic rings. The molecule has 0 unspecified atom stereocenters. The molecule has 0 aliphatic carbocycles. The quantitative estimate of drug-likeness (QED) is 0.0864. The van der Waals surface area contributed by atoms with Gasteiger partial charge in [0.2, 0.25) is 0 Å². The van der Waals surface area contributed by atoms with Gasteiger partial charge in [-0.2, -0.15) is 0 Å². The van der Waals surface area contributed by atoms with Crippen molar-refractivity contribution >= 4 is 67.8 Å². The fraction of sp³-hybridized carbons (Fsp3) is 0.154. The Kier molecular flexibility index (Phi) is 12.2. The number of imidazole rings is 1. The molecule has 12 rings (SSSR count). The second kappa shape index (κ2) is 19.7. The summed E-state index contributed by atoms with van der Waals surface area (Å²) in [6.07, 6.45) is 3.75. The average molecular weight is 1130 g/mol. The Morgan fingerprint density at radius 2 is 1.26 bits per heavy atom. The number of nitrogens with zero attached hydrogens (tertiary/aromatic N) is 4. The van der Waals surface area contributed by atoms with Crippen molar-refractivity contribution in [1.29, 1.82) is 0 Å². The van der Waals surface area contributed by atoms with E-state index in [0.29, 0.717) is 17.0 Å². The van der Waals surface area contributed by atoms with E-state index in [4.69, 9.17) is 13.5 Å². The van der Waals surface area contributed by atoms with Crippen molar-refractivity contribution < 1.29 is 28.6 Å². The first-order chi connectivity index (χ1) is 35.6. The van der Waals surface area contributed by atoms with Crippen LogP contribution in [-0.2, 0) is 20.1 Å². The number of fused-ring (bicyclic) bond motifs is 7. The van der Waals surface area contributed by atoms with Crippen LogP contribution in [0.2, 0.25) is 19.6 Å². The number of rotatable bonds is 8. The fourth-order valence-corrected chi connectivity index (χ4v) is 10.7. The Morgan fingerprint density at radius 3 is 1.96 bits per heavy atom. The predicted molar refractivity (Wildman–Crippen MR) is 301 cm³/mol. The molecule has 357 valence electrons. The molecule has 9 aromatic carbocycles. The normalized spacial score (nSPS) is 12.5. The van der Waals surface area contributed by atoms with Gasteiger partial charge in [0.25, 0.3) is 0 Å². The van der Waals surface area contributed by atoms with Crippen LogP contribution in [0.25, 0.3) is 105 Å². The van der Waals surface area contributed by atoms with Crippen molar-refractivity contribution in [2.24, 2.45) is 0 Å². The Bertz CT molecular complexity index is 4020. The van der Waals surface area contributed by atoms with Gasteiger partial charge in [0.05, 0.1) is 36.3 Å². The molecule has 1 radical (unpaired) electrons. The van der Waals surface area contributed by atoms with Crippen molar-refractivity contribution in [2.45, 2.75) is 66.0 Å². The van der Waals surface area contributed by atoms with E-state index in [1.54, 1.807) is 6.07 Å². The van der Waals surface area contributed by atoms with Crippen molar-refractivity contribution in [3.8, 4) is 50.7 Å². The zero-order valence-electron chi connectivity index (χ0n) is 44.5. The number of para-hydroxylation sites is 2. The molecule has 0 atom stereocenters. The molecule has 0 N–H and O–H groups in total. The monoisotopic (exact) mass is 1130 g/mol. The van der Waals surface area contributed by atoms with Crippen LogP contribution >= 0.6 is 0 Å². The van der Waals surface area contributed by atoms with Crippen LogP contribution in [0.15, 0.2) is 187 Å². The molecule has 0 saturated heterocycles. The SMILES string of the molecule is CC(C)c1cc(-c2ccccc2)cc(C(C)C)c1-n1c(-c2[c-]ccc3c2oc2cc4c(ccc5ccccc54)cc23)nc2ccccc21.[2H]C([2H])([2H])c1c[c-]c(-c2ncc([Si](C)(C)C)cn2)cc1-c1ccccc1.[Ir]. The summed E-state index contributed by atoms with van der Waals surface area (Å²) in [5.41, 5.74) is 13.3. The van der Waals surface area contributed by atoms with Gasteiger partial charge in [-0.25, -0.2) is 0 Å². The maximum atomic E-state index is 7.82. The van der Waals surface area contributed by atoms with Crippen LogP contribution < -0.4 is 5.19 Å². The molecule has 0 fully saturated rings. The van der Waals surface area contributed by atoms with Crippen LogP contribution in [0.3, 0.4) is 0 Å². The van der Waals surface area contributed by atoms with E-state index in [2.05, 4.69) is 195 Å². The Hall–Kier alpha value is -7.28. The van der Waals surface area contributed by atoms with E-state index in [9.17, 15) is 0 Å². The maximum absolute atomic E-state index is 7.82.